The fourth-order valence-electron chi connectivity index (χ4n) is 0.757. The highest BCUT2D eigenvalue weighted by Gasteiger charge is 2.15. The zero-order valence-corrected chi connectivity index (χ0v) is 9.55. The number of alkyl carbamates (subject to hydrolysis) is 1. The first-order chi connectivity index (χ1) is 6.85. The van der Waals surface area contributed by atoms with E-state index in [1.807, 2.05) is 0 Å². The molecule has 0 aromatic heterocycles. The van der Waals surface area contributed by atoms with E-state index in [0.29, 0.717) is 0 Å². The Bertz CT molecular complexity index is 223. The Hall–Kier alpha value is -1.30. The second-order valence-corrected chi connectivity index (χ2v) is 3.91. The summed E-state index contributed by atoms with van der Waals surface area (Å²) < 4.78 is 4.97. The van der Waals surface area contributed by atoms with Crippen molar-refractivity contribution in [2.24, 2.45) is 0 Å². The van der Waals surface area contributed by atoms with Gasteiger partial charge in [-0.3, -0.25) is 9.63 Å². The molecule has 0 fully saturated rings. The van der Waals surface area contributed by atoms with Crippen molar-refractivity contribution in [1.82, 2.24) is 10.8 Å². The van der Waals surface area contributed by atoms with Gasteiger partial charge in [-0.15, -0.1) is 0 Å². The van der Waals surface area contributed by atoms with Gasteiger partial charge >= 0.3 is 6.09 Å². The summed E-state index contributed by atoms with van der Waals surface area (Å²) in [5.41, 5.74) is 1.61. The van der Waals surface area contributed by atoms with Crippen molar-refractivity contribution in [1.29, 1.82) is 0 Å². The highest BCUT2D eigenvalue weighted by atomic mass is 16.6. The largest absolute Gasteiger partial charge is 0.444 e. The summed E-state index contributed by atoms with van der Waals surface area (Å²) in [4.78, 5) is 26.4. The molecule has 0 rings (SSSR count). The molecule has 0 aliphatic heterocycles. The third-order valence-corrected chi connectivity index (χ3v) is 1.24. The van der Waals surface area contributed by atoms with Crippen LogP contribution in [0, 0.1) is 0 Å². The highest BCUT2D eigenvalue weighted by Crippen LogP contribution is 2.06. The lowest BCUT2D eigenvalue weighted by Gasteiger charge is -2.19. The summed E-state index contributed by atoms with van der Waals surface area (Å²) in [5, 5.41) is 2.45. The normalized spacial score (nSPS) is 10.7. The standard InChI is InChI=1S/C9H18N2O4/c1-9(2,3)15-8(13)10-6-5-7(12)11-14-4/h5-6H2,1-4H3,(H,10,13)(H,11,12). The Labute approximate surface area is 89.3 Å². The minimum Gasteiger partial charge on any atom is -0.444 e. The molecule has 0 atom stereocenters. The molecule has 6 nitrogen and oxygen atoms in total. The number of nitrogens with one attached hydrogen (secondary N) is 2. The third kappa shape index (κ3) is 9.01. The summed E-state index contributed by atoms with van der Waals surface area (Å²) in [6.07, 6.45) is -0.389. The van der Waals surface area contributed by atoms with Crippen LogP contribution in [-0.2, 0) is 14.4 Å². The van der Waals surface area contributed by atoms with Gasteiger partial charge in [-0.25, -0.2) is 10.3 Å². The molecule has 2 amide bonds. The summed E-state index contributed by atoms with van der Waals surface area (Å²) in [7, 11) is 1.35. The van der Waals surface area contributed by atoms with Gasteiger partial charge < -0.3 is 10.1 Å². The van der Waals surface area contributed by atoms with Crippen LogP contribution in [0.1, 0.15) is 27.2 Å². The van der Waals surface area contributed by atoms with Crippen molar-refractivity contribution in [3.63, 3.8) is 0 Å². The van der Waals surface area contributed by atoms with Crippen LogP contribution < -0.4 is 10.8 Å². The minimum absolute atomic E-state index is 0.146. The van der Waals surface area contributed by atoms with E-state index < -0.39 is 11.7 Å². The quantitative estimate of drug-likeness (QED) is 0.677. The van der Waals surface area contributed by atoms with E-state index >= 15 is 0 Å². The average Bonchev–Trinajstić information content (AvgIpc) is 2.00. The lowest BCUT2D eigenvalue weighted by molar-refractivity contribution is -0.131. The van der Waals surface area contributed by atoms with Crippen LogP contribution in [0.4, 0.5) is 4.79 Å². The van der Waals surface area contributed by atoms with E-state index in [2.05, 4.69) is 15.6 Å². The molecule has 2 N–H and O–H groups in total. The van der Waals surface area contributed by atoms with Crippen LogP contribution in [0.5, 0.6) is 0 Å². The van der Waals surface area contributed by atoms with E-state index in [1.165, 1.54) is 7.11 Å². The van der Waals surface area contributed by atoms with E-state index in [0.717, 1.165) is 0 Å². The van der Waals surface area contributed by atoms with E-state index in [9.17, 15) is 9.59 Å². The van der Waals surface area contributed by atoms with Crippen molar-refractivity contribution in [3.8, 4) is 0 Å². The number of rotatable bonds is 4. The first kappa shape index (κ1) is 13.7. The first-order valence-electron chi connectivity index (χ1n) is 4.64. The number of carbonyl (C=O) groups is 2. The summed E-state index contributed by atoms with van der Waals surface area (Å²) >= 11 is 0. The predicted octanol–water partition coefficient (Wildman–Crippen LogP) is 0.579. The molecular formula is C9H18N2O4. The predicted molar refractivity (Wildman–Crippen MR) is 54.0 cm³/mol. The molecule has 0 saturated heterocycles. The number of carbonyl (C=O) groups excluding carboxylic acids is 2. The second-order valence-electron chi connectivity index (χ2n) is 3.91. The van der Waals surface area contributed by atoms with Gasteiger partial charge in [0.05, 0.1) is 7.11 Å². The molecule has 15 heavy (non-hydrogen) atoms. The number of amides is 2. The van der Waals surface area contributed by atoms with Gasteiger partial charge in [0.2, 0.25) is 5.91 Å². The van der Waals surface area contributed by atoms with E-state index in [4.69, 9.17) is 4.74 Å². The molecule has 88 valence electrons. The Morgan fingerprint density at radius 3 is 2.33 bits per heavy atom. The lowest BCUT2D eigenvalue weighted by atomic mass is 10.2. The molecule has 0 aliphatic rings. The minimum atomic E-state index is -0.535. The van der Waals surface area contributed by atoms with Gasteiger partial charge in [0.1, 0.15) is 5.60 Å². The van der Waals surface area contributed by atoms with Crippen LogP contribution in [0.3, 0.4) is 0 Å². The highest BCUT2D eigenvalue weighted by molar-refractivity contribution is 5.76. The zero-order valence-electron chi connectivity index (χ0n) is 9.55. The molecule has 0 radical (unpaired) electrons. The van der Waals surface area contributed by atoms with Crippen molar-refractivity contribution in [3.05, 3.63) is 0 Å². The van der Waals surface area contributed by atoms with Gasteiger partial charge in [0.15, 0.2) is 0 Å². The summed E-state index contributed by atoms with van der Waals surface area (Å²) in [6.45, 7) is 5.52. The molecule has 0 spiro atoms. The van der Waals surface area contributed by atoms with Crippen molar-refractivity contribution >= 4 is 12.0 Å². The SMILES string of the molecule is CONC(=O)CCNC(=O)OC(C)(C)C. The maximum Gasteiger partial charge on any atom is 0.407 e. The number of hydrogen-bond acceptors (Lipinski definition) is 4. The monoisotopic (exact) mass is 218 g/mol. The smallest absolute Gasteiger partial charge is 0.407 e. The Morgan fingerprint density at radius 2 is 1.87 bits per heavy atom. The second kappa shape index (κ2) is 6.23. The average molecular weight is 218 g/mol. The molecule has 0 aromatic rings. The third-order valence-electron chi connectivity index (χ3n) is 1.24. The molecule has 0 aromatic carbocycles. The van der Waals surface area contributed by atoms with Gasteiger partial charge in [0.25, 0.3) is 0 Å². The van der Waals surface area contributed by atoms with Crippen molar-refractivity contribution < 1.29 is 19.2 Å². The number of hydrogen-bond donors (Lipinski definition) is 2. The lowest BCUT2D eigenvalue weighted by Crippen LogP contribution is -2.35. The van der Waals surface area contributed by atoms with Crippen LogP contribution in [-0.4, -0.2) is 31.3 Å². The molecule has 0 saturated carbocycles. The maximum atomic E-state index is 11.1. The van der Waals surface area contributed by atoms with Crippen LogP contribution in [0.15, 0.2) is 0 Å². The zero-order chi connectivity index (χ0) is 11.9. The number of ether oxygens (including phenoxy) is 1. The molecule has 0 bridgehead atoms. The Balaban J connectivity index is 3.60. The summed E-state index contributed by atoms with van der Waals surface area (Å²) in [6, 6.07) is 0. The Kier molecular flexibility index (Phi) is 5.69. The fraction of sp³-hybridized carbons (Fsp3) is 0.778. The molecule has 0 heterocycles. The maximum absolute atomic E-state index is 11.1. The molecule has 6 heteroatoms. The van der Waals surface area contributed by atoms with Crippen LogP contribution in [0.2, 0.25) is 0 Å². The topological polar surface area (TPSA) is 76.7 Å². The first-order valence-corrected chi connectivity index (χ1v) is 4.64. The van der Waals surface area contributed by atoms with Gasteiger partial charge in [-0.1, -0.05) is 0 Å². The number of hydroxylamine groups is 1. The van der Waals surface area contributed by atoms with Gasteiger partial charge in [-0.2, -0.15) is 0 Å². The van der Waals surface area contributed by atoms with Gasteiger partial charge in [-0.05, 0) is 20.8 Å². The Morgan fingerprint density at radius 1 is 1.27 bits per heavy atom. The van der Waals surface area contributed by atoms with Crippen molar-refractivity contribution in [2.45, 2.75) is 32.8 Å². The molecule has 0 aliphatic carbocycles. The van der Waals surface area contributed by atoms with E-state index in [1.54, 1.807) is 20.8 Å². The van der Waals surface area contributed by atoms with Crippen LogP contribution >= 0.6 is 0 Å². The van der Waals surface area contributed by atoms with Crippen LogP contribution in [0.25, 0.3) is 0 Å². The summed E-state index contributed by atoms with van der Waals surface area (Å²) in [5.74, 6) is -0.298. The van der Waals surface area contributed by atoms with E-state index in [-0.39, 0.29) is 18.9 Å². The molecule has 0 unspecified atom stereocenters. The van der Waals surface area contributed by atoms with Gasteiger partial charge in [0, 0.05) is 13.0 Å². The van der Waals surface area contributed by atoms with Crippen molar-refractivity contribution in [2.75, 3.05) is 13.7 Å². The molecular weight excluding hydrogens is 200 g/mol. The fourth-order valence-corrected chi connectivity index (χ4v) is 0.757.